The first-order valence-electron chi connectivity index (χ1n) is 9.08. The van der Waals surface area contributed by atoms with Gasteiger partial charge in [0.05, 0.1) is 23.5 Å². The smallest absolute Gasteiger partial charge is 0.257 e. The average Bonchev–Trinajstić information content (AvgIpc) is 3.30. The summed E-state index contributed by atoms with van der Waals surface area (Å²) in [4.78, 5) is 19.6. The highest BCUT2D eigenvalue weighted by Gasteiger charge is 2.33. The fourth-order valence-electron chi connectivity index (χ4n) is 3.71. The van der Waals surface area contributed by atoms with Gasteiger partial charge in [0.1, 0.15) is 5.82 Å². The van der Waals surface area contributed by atoms with E-state index in [-0.39, 0.29) is 17.8 Å². The van der Waals surface area contributed by atoms with Crippen molar-refractivity contribution in [3.63, 3.8) is 0 Å². The molecule has 138 valence electrons. The highest BCUT2D eigenvalue weighted by molar-refractivity contribution is 5.95. The summed E-state index contributed by atoms with van der Waals surface area (Å²) in [5, 5.41) is 6.80. The zero-order valence-corrected chi connectivity index (χ0v) is 15.4. The van der Waals surface area contributed by atoms with Crippen LogP contribution in [0.25, 0.3) is 11.1 Å². The number of nitrogens with one attached hydrogen (secondary N) is 1. The molecule has 4 rings (SSSR count). The first kappa shape index (κ1) is 17.4. The third-order valence-electron chi connectivity index (χ3n) is 5.07. The number of halogens is 1. The number of carbonyl (C=O) groups excluding carboxylic acids is 1. The van der Waals surface area contributed by atoms with Crippen LogP contribution in [0.4, 0.5) is 4.39 Å². The summed E-state index contributed by atoms with van der Waals surface area (Å²) in [7, 11) is 0. The first-order chi connectivity index (χ1) is 13.0. The van der Waals surface area contributed by atoms with E-state index in [0.717, 1.165) is 41.1 Å². The molecule has 3 aromatic rings. The van der Waals surface area contributed by atoms with E-state index < -0.39 is 0 Å². The van der Waals surface area contributed by atoms with E-state index in [1.54, 1.807) is 18.3 Å². The zero-order chi connectivity index (χ0) is 19.0. The molecular weight excluding hydrogens is 343 g/mol. The molecule has 6 heteroatoms. The van der Waals surface area contributed by atoms with Crippen molar-refractivity contribution in [2.75, 3.05) is 6.54 Å². The standard InChI is InChI=1S/C21H21FN4O/c1-13-10-16(15-5-7-17(22)8-6-15)11-19(24-13)20-4-3-9-26(20)21(27)18-12-23-25-14(18)2/h5-8,10-12,20H,3-4,9H2,1-2H3,(H,23,25)/t20-/m1/s1. The Kier molecular flexibility index (Phi) is 4.48. The van der Waals surface area contributed by atoms with Crippen LogP contribution >= 0.6 is 0 Å². The number of likely N-dealkylation sites (tertiary alicyclic amines) is 1. The van der Waals surface area contributed by atoms with E-state index in [0.29, 0.717) is 12.1 Å². The van der Waals surface area contributed by atoms with Gasteiger partial charge in [-0.2, -0.15) is 5.10 Å². The van der Waals surface area contributed by atoms with Crippen molar-refractivity contribution in [3.8, 4) is 11.1 Å². The Balaban J connectivity index is 1.68. The van der Waals surface area contributed by atoms with E-state index in [4.69, 9.17) is 4.98 Å². The maximum Gasteiger partial charge on any atom is 0.257 e. The van der Waals surface area contributed by atoms with Crippen molar-refractivity contribution >= 4 is 5.91 Å². The first-order valence-corrected chi connectivity index (χ1v) is 9.08. The number of amides is 1. The van der Waals surface area contributed by atoms with Crippen molar-refractivity contribution in [3.05, 3.63) is 71.1 Å². The SMILES string of the molecule is Cc1cc(-c2ccc(F)cc2)cc([C@H]2CCCN2C(=O)c2cn[nH]c2C)n1. The molecule has 1 aromatic carbocycles. The lowest BCUT2D eigenvalue weighted by molar-refractivity contribution is 0.0732. The molecule has 1 fully saturated rings. The molecule has 0 radical (unpaired) electrons. The van der Waals surface area contributed by atoms with Crippen LogP contribution < -0.4 is 0 Å². The molecule has 1 aliphatic heterocycles. The predicted octanol–water partition coefficient (Wildman–Crippen LogP) is 4.20. The zero-order valence-electron chi connectivity index (χ0n) is 15.4. The fourth-order valence-corrected chi connectivity index (χ4v) is 3.71. The maximum absolute atomic E-state index is 13.2. The molecule has 2 aromatic heterocycles. The summed E-state index contributed by atoms with van der Waals surface area (Å²) < 4.78 is 13.2. The molecule has 0 saturated carbocycles. The summed E-state index contributed by atoms with van der Waals surface area (Å²) in [6.07, 6.45) is 3.40. The molecule has 1 atom stereocenters. The molecular formula is C21H21FN4O. The largest absolute Gasteiger partial charge is 0.330 e. The number of aromatic amines is 1. The number of aryl methyl sites for hydroxylation is 2. The highest BCUT2D eigenvalue weighted by Crippen LogP contribution is 2.34. The Morgan fingerprint density at radius 1 is 1.19 bits per heavy atom. The second kappa shape index (κ2) is 6.95. The summed E-state index contributed by atoms with van der Waals surface area (Å²) in [5.74, 6) is -0.275. The lowest BCUT2D eigenvalue weighted by atomic mass is 10.0. The highest BCUT2D eigenvalue weighted by atomic mass is 19.1. The van der Waals surface area contributed by atoms with Gasteiger partial charge in [0.15, 0.2) is 0 Å². The van der Waals surface area contributed by atoms with Crippen LogP contribution in [0.15, 0.2) is 42.6 Å². The van der Waals surface area contributed by atoms with Gasteiger partial charge in [0, 0.05) is 17.9 Å². The lowest BCUT2D eigenvalue weighted by Gasteiger charge is -2.25. The Bertz CT molecular complexity index is 980. The number of pyridine rings is 1. The molecule has 1 N–H and O–H groups in total. The lowest BCUT2D eigenvalue weighted by Crippen LogP contribution is -2.31. The van der Waals surface area contributed by atoms with Crippen molar-refractivity contribution in [2.24, 2.45) is 0 Å². The minimum Gasteiger partial charge on any atom is -0.330 e. The average molecular weight is 364 g/mol. The van der Waals surface area contributed by atoms with E-state index in [1.165, 1.54) is 12.1 Å². The third-order valence-corrected chi connectivity index (χ3v) is 5.07. The molecule has 0 aliphatic carbocycles. The van der Waals surface area contributed by atoms with Crippen LogP contribution in [0, 0.1) is 19.7 Å². The number of H-pyrrole nitrogens is 1. The van der Waals surface area contributed by atoms with E-state index in [2.05, 4.69) is 10.2 Å². The van der Waals surface area contributed by atoms with Gasteiger partial charge < -0.3 is 4.90 Å². The number of carbonyl (C=O) groups is 1. The molecule has 0 spiro atoms. The number of nitrogens with zero attached hydrogens (tertiary/aromatic N) is 3. The van der Waals surface area contributed by atoms with Crippen molar-refractivity contribution < 1.29 is 9.18 Å². The predicted molar refractivity (Wildman–Crippen MR) is 101 cm³/mol. The number of benzene rings is 1. The number of aromatic nitrogens is 3. The monoisotopic (exact) mass is 364 g/mol. The van der Waals surface area contributed by atoms with E-state index >= 15 is 0 Å². The molecule has 5 nitrogen and oxygen atoms in total. The quantitative estimate of drug-likeness (QED) is 0.757. The minimum absolute atomic E-state index is 0.0182. The van der Waals surface area contributed by atoms with Crippen molar-refractivity contribution in [1.29, 1.82) is 0 Å². The van der Waals surface area contributed by atoms with Crippen LogP contribution in [0.5, 0.6) is 0 Å². The van der Waals surface area contributed by atoms with Gasteiger partial charge in [0.2, 0.25) is 0 Å². The van der Waals surface area contributed by atoms with Gasteiger partial charge in [0.25, 0.3) is 5.91 Å². The van der Waals surface area contributed by atoms with Crippen LogP contribution in [0.3, 0.4) is 0 Å². The summed E-state index contributed by atoms with van der Waals surface area (Å²) in [5.41, 5.74) is 5.05. The molecule has 1 aliphatic rings. The van der Waals surface area contributed by atoms with Crippen LogP contribution in [-0.4, -0.2) is 32.5 Å². The van der Waals surface area contributed by atoms with Gasteiger partial charge in [-0.05, 0) is 62.1 Å². The van der Waals surface area contributed by atoms with E-state index in [9.17, 15) is 9.18 Å². The topological polar surface area (TPSA) is 61.9 Å². The summed E-state index contributed by atoms with van der Waals surface area (Å²) >= 11 is 0. The molecule has 1 saturated heterocycles. The van der Waals surface area contributed by atoms with Gasteiger partial charge in [-0.15, -0.1) is 0 Å². The number of hydrogen-bond donors (Lipinski definition) is 1. The molecule has 3 heterocycles. The fraction of sp³-hybridized carbons (Fsp3) is 0.286. The Labute approximate surface area is 157 Å². The normalized spacial score (nSPS) is 16.7. The number of rotatable bonds is 3. The summed E-state index contributed by atoms with van der Waals surface area (Å²) in [6.45, 7) is 4.50. The van der Waals surface area contributed by atoms with Gasteiger partial charge in [-0.3, -0.25) is 14.9 Å². The van der Waals surface area contributed by atoms with Gasteiger partial charge in [-0.25, -0.2) is 4.39 Å². The molecule has 0 bridgehead atoms. The minimum atomic E-state index is -0.257. The Morgan fingerprint density at radius 3 is 2.67 bits per heavy atom. The maximum atomic E-state index is 13.2. The summed E-state index contributed by atoms with van der Waals surface area (Å²) in [6, 6.07) is 10.4. The molecule has 27 heavy (non-hydrogen) atoms. The Hall–Kier alpha value is -3.02. The van der Waals surface area contributed by atoms with Crippen LogP contribution in [-0.2, 0) is 0 Å². The Morgan fingerprint density at radius 2 is 1.96 bits per heavy atom. The molecule has 0 unspecified atom stereocenters. The second-order valence-corrected chi connectivity index (χ2v) is 6.99. The van der Waals surface area contributed by atoms with Gasteiger partial charge in [-0.1, -0.05) is 12.1 Å². The van der Waals surface area contributed by atoms with Crippen LogP contribution in [0.2, 0.25) is 0 Å². The van der Waals surface area contributed by atoms with Crippen LogP contribution in [0.1, 0.15) is 46.3 Å². The number of hydrogen-bond acceptors (Lipinski definition) is 3. The molecule has 1 amide bonds. The third kappa shape index (κ3) is 3.35. The van der Waals surface area contributed by atoms with Gasteiger partial charge >= 0.3 is 0 Å². The second-order valence-electron chi connectivity index (χ2n) is 6.99. The van der Waals surface area contributed by atoms with E-state index in [1.807, 2.05) is 30.9 Å². The van der Waals surface area contributed by atoms with Crippen molar-refractivity contribution in [1.82, 2.24) is 20.1 Å². The van der Waals surface area contributed by atoms with Crippen molar-refractivity contribution in [2.45, 2.75) is 32.7 Å².